The number of nitrogens with zero attached hydrogens (tertiary/aromatic N) is 2. The van der Waals surface area contributed by atoms with Gasteiger partial charge in [-0.1, -0.05) is 11.6 Å². The molecule has 0 aliphatic carbocycles. The van der Waals surface area contributed by atoms with E-state index in [1.165, 1.54) is 12.1 Å². The molecule has 0 spiro atoms. The average molecular weight is 314 g/mol. The Hall–Kier alpha value is -2.61. The summed E-state index contributed by atoms with van der Waals surface area (Å²) in [6.07, 6.45) is 1.14. The minimum Gasteiger partial charge on any atom is -0.316 e. The number of benzene rings is 1. The smallest absolute Gasteiger partial charge is 0.295 e. The second-order valence-corrected chi connectivity index (χ2v) is 4.25. The van der Waals surface area contributed by atoms with E-state index in [2.05, 4.69) is 10.3 Å². The van der Waals surface area contributed by atoms with Gasteiger partial charge in [0.05, 0.1) is 16.6 Å². The summed E-state index contributed by atoms with van der Waals surface area (Å²) in [4.78, 5) is 25.4. The Balaban J connectivity index is 2.34. The molecule has 0 unspecified atom stereocenters. The molecule has 0 aliphatic heterocycles. The van der Waals surface area contributed by atoms with E-state index in [1.807, 2.05) is 0 Å². The molecule has 1 aromatic heterocycles. The van der Waals surface area contributed by atoms with Crippen LogP contribution in [0, 0.1) is 21.7 Å². The van der Waals surface area contributed by atoms with E-state index in [9.17, 15) is 23.7 Å². The number of nitro benzene ring substituents is 1. The topological polar surface area (TPSA) is 85.1 Å². The quantitative estimate of drug-likeness (QED) is 0.536. The fourth-order valence-electron chi connectivity index (χ4n) is 1.49. The molecule has 0 bridgehead atoms. The second-order valence-electron chi connectivity index (χ2n) is 3.86. The molecule has 1 aromatic carbocycles. The van der Waals surface area contributed by atoms with Gasteiger partial charge in [-0.25, -0.2) is 13.8 Å². The van der Waals surface area contributed by atoms with Gasteiger partial charge >= 0.3 is 0 Å². The number of pyridine rings is 1. The number of amides is 1. The number of hydrogen-bond donors (Lipinski definition) is 1. The number of rotatable bonds is 3. The van der Waals surface area contributed by atoms with E-state index in [1.54, 1.807) is 0 Å². The van der Waals surface area contributed by atoms with Crippen molar-refractivity contribution in [3.63, 3.8) is 0 Å². The third-order valence-corrected chi connectivity index (χ3v) is 2.70. The van der Waals surface area contributed by atoms with Gasteiger partial charge < -0.3 is 5.32 Å². The zero-order valence-electron chi connectivity index (χ0n) is 10.1. The minimum atomic E-state index is -1.38. The number of hydrogen-bond acceptors (Lipinski definition) is 4. The molecular weight excluding hydrogens is 308 g/mol. The zero-order chi connectivity index (χ0) is 15.6. The van der Waals surface area contributed by atoms with Gasteiger partial charge in [-0.2, -0.15) is 0 Å². The van der Waals surface area contributed by atoms with Crippen LogP contribution in [0.2, 0.25) is 5.15 Å². The maximum atomic E-state index is 13.1. The van der Waals surface area contributed by atoms with Crippen molar-refractivity contribution in [3.8, 4) is 0 Å². The van der Waals surface area contributed by atoms with Gasteiger partial charge in [-0.15, -0.1) is 0 Å². The van der Waals surface area contributed by atoms with Gasteiger partial charge in [-0.3, -0.25) is 14.9 Å². The van der Waals surface area contributed by atoms with Crippen molar-refractivity contribution in [2.75, 3.05) is 5.32 Å². The van der Waals surface area contributed by atoms with Gasteiger partial charge in [0.25, 0.3) is 11.6 Å². The van der Waals surface area contributed by atoms with Crippen LogP contribution >= 0.6 is 11.6 Å². The Morgan fingerprint density at radius 2 is 1.95 bits per heavy atom. The first-order valence-electron chi connectivity index (χ1n) is 5.45. The van der Waals surface area contributed by atoms with Crippen LogP contribution in [-0.4, -0.2) is 15.8 Å². The lowest BCUT2D eigenvalue weighted by Gasteiger charge is -2.06. The van der Waals surface area contributed by atoms with Crippen LogP contribution in [0.5, 0.6) is 0 Å². The first kappa shape index (κ1) is 14.8. The Morgan fingerprint density at radius 1 is 1.29 bits per heavy atom. The van der Waals surface area contributed by atoms with E-state index in [4.69, 9.17) is 11.6 Å². The summed E-state index contributed by atoms with van der Waals surface area (Å²) < 4.78 is 26.2. The lowest BCUT2D eigenvalue weighted by atomic mass is 10.2. The highest BCUT2D eigenvalue weighted by atomic mass is 35.5. The van der Waals surface area contributed by atoms with Gasteiger partial charge in [0.15, 0.2) is 11.6 Å². The summed E-state index contributed by atoms with van der Waals surface area (Å²) in [5.41, 5.74) is -1.17. The lowest BCUT2D eigenvalue weighted by molar-refractivity contribution is -0.384. The zero-order valence-corrected chi connectivity index (χ0v) is 10.9. The predicted molar refractivity (Wildman–Crippen MR) is 70.2 cm³/mol. The standard InChI is InChI=1S/C12H6ClF2N3O3/c13-11-2-1-6(5-16-11)12(19)17-9-3-7(14)8(15)4-10(9)18(20)21/h1-5H,(H,17,19). The number of aromatic nitrogens is 1. The van der Waals surface area contributed by atoms with E-state index in [-0.39, 0.29) is 10.7 Å². The molecule has 0 aliphatic rings. The SMILES string of the molecule is O=C(Nc1cc(F)c(F)cc1[N+](=O)[O-])c1ccc(Cl)nc1. The highest BCUT2D eigenvalue weighted by Crippen LogP contribution is 2.27. The minimum absolute atomic E-state index is 0.0541. The highest BCUT2D eigenvalue weighted by Gasteiger charge is 2.20. The summed E-state index contributed by atoms with van der Waals surface area (Å²) in [5.74, 6) is -3.47. The van der Waals surface area contributed by atoms with Crippen molar-refractivity contribution in [2.45, 2.75) is 0 Å². The van der Waals surface area contributed by atoms with Crippen molar-refractivity contribution in [3.05, 3.63) is 62.9 Å². The Morgan fingerprint density at radius 3 is 2.52 bits per heavy atom. The molecule has 1 N–H and O–H groups in total. The number of halogens is 3. The van der Waals surface area contributed by atoms with Crippen LogP contribution in [0.3, 0.4) is 0 Å². The van der Waals surface area contributed by atoms with Crippen LogP contribution in [0.1, 0.15) is 10.4 Å². The Bertz CT molecular complexity index is 722. The third kappa shape index (κ3) is 3.29. The molecule has 1 amide bonds. The maximum Gasteiger partial charge on any atom is 0.295 e. The van der Waals surface area contributed by atoms with E-state index in [0.29, 0.717) is 12.1 Å². The largest absolute Gasteiger partial charge is 0.316 e. The normalized spacial score (nSPS) is 10.2. The van der Waals surface area contributed by atoms with Crippen LogP contribution < -0.4 is 5.32 Å². The van der Waals surface area contributed by atoms with Crippen molar-refractivity contribution >= 4 is 28.9 Å². The molecule has 21 heavy (non-hydrogen) atoms. The number of nitrogens with one attached hydrogen (secondary N) is 1. The average Bonchev–Trinajstić information content (AvgIpc) is 2.43. The third-order valence-electron chi connectivity index (χ3n) is 2.47. The molecule has 2 aromatic rings. The van der Waals surface area contributed by atoms with Gasteiger partial charge in [0.2, 0.25) is 0 Å². The van der Waals surface area contributed by atoms with Crippen LogP contribution in [0.4, 0.5) is 20.2 Å². The number of carbonyl (C=O) groups excluding carboxylic acids is 1. The fourth-order valence-corrected chi connectivity index (χ4v) is 1.60. The molecule has 2 rings (SSSR count). The van der Waals surface area contributed by atoms with Gasteiger partial charge in [0.1, 0.15) is 10.8 Å². The van der Waals surface area contributed by atoms with Crippen molar-refractivity contribution < 1.29 is 18.5 Å². The number of carbonyl (C=O) groups is 1. The first-order chi connectivity index (χ1) is 9.88. The number of nitro groups is 1. The lowest BCUT2D eigenvalue weighted by Crippen LogP contribution is -2.14. The molecule has 0 atom stereocenters. The number of anilines is 1. The summed E-state index contributed by atoms with van der Waals surface area (Å²) in [6, 6.07) is 3.60. The predicted octanol–water partition coefficient (Wildman–Crippen LogP) is 3.17. The molecule has 108 valence electrons. The van der Waals surface area contributed by atoms with Crippen LogP contribution in [0.25, 0.3) is 0 Å². The van der Waals surface area contributed by atoms with E-state index < -0.39 is 33.8 Å². The van der Waals surface area contributed by atoms with Gasteiger partial charge in [0, 0.05) is 12.3 Å². The molecule has 0 radical (unpaired) electrons. The molecule has 0 fully saturated rings. The van der Waals surface area contributed by atoms with Crippen molar-refractivity contribution in [2.24, 2.45) is 0 Å². The first-order valence-corrected chi connectivity index (χ1v) is 5.82. The van der Waals surface area contributed by atoms with Crippen molar-refractivity contribution in [1.82, 2.24) is 4.98 Å². The highest BCUT2D eigenvalue weighted by molar-refractivity contribution is 6.29. The fraction of sp³-hybridized carbons (Fsp3) is 0. The molecule has 6 nitrogen and oxygen atoms in total. The summed E-state index contributed by atoms with van der Waals surface area (Å²) in [7, 11) is 0. The maximum absolute atomic E-state index is 13.1. The summed E-state index contributed by atoms with van der Waals surface area (Å²) in [6.45, 7) is 0. The van der Waals surface area contributed by atoms with Crippen LogP contribution in [0.15, 0.2) is 30.5 Å². The molecule has 0 saturated heterocycles. The van der Waals surface area contributed by atoms with Crippen LogP contribution in [-0.2, 0) is 0 Å². The Kier molecular flexibility index (Phi) is 4.08. The monoisotopic (exact) mass is 313 g/mol. The summed E-state index contributed by atoms with van der Waals surface area (Å²) in [5, 5.41) is 13.1. The second kappa shape index (κ2) is 5.80. The van der Waals surface area contributed by atoms with Gasteiger partial charge in [-0.05, 0) is 12.1 Å². The molecule has 0 saturated carbocycles. The molecule has 9 heteroatoms. The molecule has 1 heterocycles. The van der Waals surface area contributed by atoms with Crippen molar-refractivity contribution in [1.29, 1.82) is 0 Å². The molecular formula is C12H6ClF2N3O3. The van der Waals surface area contributed by atoms with E-state index >= 15 is 0 Å². The Labute approximate surface area is 121 Å². The van der Waals surface area contributed by atoms with E-state index in [0.717, 1.165) is 6.20 Å². The summed E-state index contributed by atoms with van der Waals surface area (Å²) >= 11 is 5.56.